The number of aryl methyl sites for hydroxylation is 3. The van der Waals surface area contributed by atoms with Gasteiger partial charge in [0.2, 0.25) is 0 Å². The average Bonchev–Trinajstić information content (AvgIpc) is 3.61. The summed E-state index contributed by atoms with van der Waals surface area (Å²) in [7, 11) is 0. The van der Waals surface area contributed by atoms with E-state index in [0.717, 1.165) is 44.9 Å². The van der Waals surface area contributed by atoms with Crippen LogP contribution in [0.2, 0.25) is 0 Å². The van der Waals surface area contributed by atoms with E-state index in [2.05, 4.69) is 65.3 Å². The topological polar surface area (TPSA) is 56.7 Å². The van der Waals surface area contributed by atoms with Crippen LogP contribution in [0.3, 0.4) is 0 Å². The second-order valence-corrected chi connectivity index (χ2v) is 9.85. The van der Waals surface area contributed by atoms with Gasteiger partial charge in [0.05, 0.1) is 28.5 Å². The van der Waals surface area contributed by atoms with Crippen molar-refractivity contribution in [2.75, 3.05) is 0 Å². The molecule has 0 aliphatic heterocycles. The molecule has 1 aromatic carbocycles. The largest absolute Gasteiger partial charge is 0.361 e. The van der Waals surface area contributed by atoms with E-state index in [1.54, 1.807) is 0 Å². The summed E-state index contributed by atoms with van der Waals surface area (Å²) in [5.41, 5.74) is 9.81. The fourth-order valence-electron chi connectivity index (χ4n) is 5.77. The van der Waals surface area contributed by atoms with Crippen molar-refractivity contribution < 1.29 is 4.52 Å². The molecular weight excluding hydrogens is 432 g/mol. The van der Waals surface area contributed by atoms with Gasteiger partial charge in [-0.1, -0.05) is 53.9 Å². The third kappa shape index (κ3) is 3.85. The van der Waals surface area contributed by atoms with Crippen LogP contribution < -0.4 is 0 Å². The van der Waals surface area contributed by atoms with Crippen LogP contribution in [-0.2, 0) is 0 Å². The molecule has 1 unspecified atom stereocenters. The highest BCUT2D eigenvalue weighted by Crippen LogP contribution is 2.42. The lowest BCUT2D eigenvalue weighted by molar-refractivity contribution is 0.386. The van der Waals surface area contributed by atoms with Crippen molar-refractivity contribution in [2.24, 2.45) is 5.92 Å². The second kappa shape index (κ2) is 8.81. The lowest BCUT2D eigenvalue weighted by Crippen LogP contribution is -2.19. The van der Waals surface area contributed by atoms with Crippen LogP contribution in [0.5, 0.6) is 0 Å². The van der Waals surface area contributed by atoms with Crippen LogP contribution in [0.15, 0.2) is 71.6 Å². The Bertz CT molecular complexity index is 1460. The number of pyridine rings is 2. The van der Waals surface area contributed by atoms with Crippen LogP contribution in [0.25, 0.3) is 33.3 Å². The number of nitrogens with zero attached hydrogens (tertiary/aromatic N) is 4. The van der Waals surface area contributed by atoms with Crippen molar-refractivity contribution in [1.82, 2.24) is 19.7 Å². The number of hydrogen-bond donors (Lipinski definition) is 0. The van der Waals surface area contributed by atoms with Gasteiger partial charge in [0.15, 0.2) is 0 Å². The SMILES string of the molecule is Cc1ccc(-c2cn(C(c3ccccn3)C3CCCC3)c3cc(-c4c(C)noc4C)cnc23)cc1. The van der Waals surface area contributed by atoms with Crippen LogP contribution in [0, 0.1) is 26.7 Å². The highest BCUT2D eigenvalue weighted by Gasteiger charge is 2.31. The Morgan fingerprint density at radius 1 is 0.943 bits per heavy atom. The number of benzene rings is 1. The Hall–Kier alpha value is -3.73. The third-order valence-electron chi connectivity index (χ3n) is 7.49. The number of fused-ring (bicyclic) bond motifs is 1. The first-order chi connectivity index (χ1) is 17.1. The molecule has 0 radical (unpaired) electrons. The summed E-state index contributed by atoms with van der Waals surface area (Å²) in [6, 6.07) is 17.4. The Kier molecular flexibility index (Phi) is 5.48. The van der Waals surface area contributed by atoms with Gasteiger partial charge >= 0.3 is 0 Å². The van der Waals surface area contributed by atoms with Crippen molar-refractivity contribution in [3.63, 3.8) is 0 Å². The highest BCUT2D eigenvalue weighted by molar-refractivity contribution is 5.95. The van der Waals surface area contributed by atoms with Crippen molar-refractivity contribution in [1.29, 1.82) is 0 Å². The van der Waals surface area contributed by atoms with Crippen LogP contribution >= 0.6 is 0 Å². The predicted molar refractivity (Wildman–Crippen MR) is 139 cm³/mol. The molecule has 0 spiro atoms. The quantitative estimate of drug-likeness (QED) is 0.272. The smallest absolute Gasteiger partial charge is 0.141 e. The van der Waals surface area contributed by atoms with Gasteiger partial charge in [0.25, 0.3) is 0 Å². The summed E-state index contributed by atoms with van der Waals surface area (Å²) in [4.78, 5) is 9.87. The first-order valence-corrected chi connectivity index (χ1v) is 12.5. The maximum atomic E-state index is 5.48. The maximum Gasteiger partial charge on any atom is 0.141 e. The molecule has 0 saturated heterocycles. The van der Waals surface area contributed by atoms with Crippen LogP contribution in [-0.4, -0.2) is 19.7 Å². The Labute approximate surface area is 205 Å². The molecule has 5 heteroatoms. The second-order valence-electron chi connectivity index (χ2n) is 9.85. The molecule has 1 fully saturated rings. The number of aromatic nitrogens is 4. The van der Waals surface area contributed by atoms with Gasteiger partial charge in [0, 0.05) is 35.3 Å². The minimum Gasteiger partial charge on any atom is -0.361 e. The molecule has 4 heterocycles. The first-order valence-electron chi connectivity index (χ1n) is 12.5. The minimum atomic E-state index is 0.169. The molecule has 35 heavy (non-hydrogen) atoms. The molecule has 5 aromatic rings. The van der Waals surface area contributed by atoms with Crippen molar-refractivity contribution in [3.8, 4) is 22.3 Å². The predicted octanol–water partition coefficient (Wildman–Crippen LogP) is 7.46. The van der Waals surface area contributed by atoms with E-state index < -0.39 is 0 Å². The zero-order valence-corrected chi connectivity index (χ0v) is 20.5. The van der Waals surface area contributed by atoms with E-state index >= 15 is 0 Å². The lowest BCUT2D eigenvalue weighted by Gasteiger charge is -2.26. The molecule has 1 aliphatic rings. The van der Waals surface area contributed by atoms with Gasteiger partial charge in [-0.3, -0.25) is 9.97 Å². The lowest BCUT2D eigenvalue weighted by atomic mass is 9.94. The third-order valence-corrected chi connectivity index (χ3v) is 7.49. The summed E-state index contributed by atoms with van der Waals surface area (Å²) < 4.78 is 7.92. The molecule has 0 bridgehead atoms. The minimum absolute atomic E-state index is 0.169. The van der Waals surface area contributed by atoms with E-state index in [4.69, 9.17) is 14.5 Å². The number of rotatable bonds is 5. The molecule has 176 valence electrons. The van der Waals surface area contributed by atoms with Gasteiger partial charge in [-0.05, 0) is 63.3 Å². The van der Waals surface area contributed by atoms with Gasteiger partial charge in [0.1, 0.15) is 5.76 Å². The monoisotopic (exact) mass is 462 g/mol. The fourth-order valence-corrected chi connectivity index (χ4v) is 5.77. The average molecular weight is 463 g/mol. The van der Waals surface area contributed by atoms with E-state index in [0.29, 0.717) is 5.92 Å². The van der Waals surface area contributed by atoms with Crippen LogP contribution in [0.1, 0.15) is 54.4 Å². The summed E-state index contributed by atoms with van der Waals surface area (Å²) in [5.74, 6) is 1.37. The van der Waals surface area contributed by atoms with Crippen LogP contribution in [0.4, 0.5) is 0 Å². The summed E-state index contributed by atoms with van der Waals surface area (Å²) in [6.45, 7) is 6.08. The standard InChI is InChI=1S/C30H30N4O/c1-19-11-13-22(14-12-19)25-18-34(30(23-8-4-5-9-23)26-10-6-7-15-31-26)27-16-24(17-32-29(25)27)28-20(2)33-35-21(28)3/h6-7,10-18,23,30H,4-5,8-9H2,1-3H3. The molecule has 5 nitrogen and oxygen atoms in total. The Morgan fingerprint density at radius 3 is 2.43 bits per heavy atom. The number of hydrogen-bond acceptors (Lipinski definition) is 4. The van der Waals surface area contributed by atoms with Crippen molar-refractivity contribution in [3.05, 3.63) is 89.8 Å². The molecule has 1 aliphatic carbocycles. The van der Waals surface area contributed by atoms with Crippen molar-refractivity contribution >= 4 is 11.0 Å². The summed E-state index contributed by atoms with van der Waals surface area (Å²) in [6.07, 6.45) is 11.2. The molecule has 4 aromatic heterocycles. The van der Waals surface area contributed by atoms with E-state index in [1.165, 1.54) is 36.8 Å². The first kappa shape index (κ1) is 21.8. The van der Waals surface area contributed by atoms with E-state index in [1.807, 2.05) is 32.3 Å². The zero-order valence-electron chi connectivity index (χ0n) is 20.5. The zero-order chi connectivity index (χ0) is 23.9. The Morgan fingerprint density at radius 2 is 1.74 bits per heavy atom. The molecule has 1 atom stereocenters. The molecule has 1 saturated carbocycles. The van der Waals surface area contributed by atoms with E-state index in [9.17, 15) is 0 Å². The van der Waals surface area contributed by atoms with Gasteiger partial charge in [-0.2, -0.15) is 0 Å². The Balaban J connectivity index is 1.61. The summed E-state index contributed by atoms with van der Waals surface area (Å²) in [5, 5.41) is 4.18. The molecule has 6 rings (SSSR count). The van der Waals surface area contributed by atoms with Gasteiger partial charge < -0.3 is 9.09 Å². The maximum absolute atomic E-state index is 5.48. The molecular formula is C30H30N4O. The molecule has 0 N–H and O–H groups in total. The van der Waals surface area contributed by atoms with Crippen molar-refractivity contribution in [2.45, 2.75) is 52.5 Å². The summed E-state index contributed by atoms with van der Waals surface area (Å²) >= 11 is 0. The van der Waals surface area contributed by atoms with Gasteiger partial charge in [-0.25, -0.2) is 0 Å². The fraction of sp³-hybridized carbons (Fsp3) is 0.300. The molecule has 0 amide bonds. The van der Waals surface area contributed by atoms with Gasteiger partial charge in [-0.15, -0.1) is 0 Å². The highest BCUT2D eigenvalue weighted by atomic mass is 16.5. The van der Waals surface area contributed by atoms with E-state index in [-0.39, 0.29) is 6.04 Å². The normalized spacial score (nSPS) is 15.2.